The van der Waals surface area contributed by atoms with E-state index in [1.165, 1.54) is 6.42 Å². The Morgan fingerprint density at radius 2 is 1.69 bits per heavy atom. The van der Waals surface area contributed by atoms with Crippen LogP contribution in [-0.4, -0.2) is 88.8 Å². The fourth-order valence-corrected chi connectivity index (χ4v) is 8.63. The van der Waals surface area contributed by atoms with Crippen LogP contribution in [0.15, 0.2) is 36.4 Å². The number of piperidine rings is 1. The summed E-state index contributed by atoms with van der Waals surface area (Å²) in [6.45, 7) is 6.74. The quantitative estimate of drug-likeness (QED) is 0.108. The number of amides is 2. The first kappa shape index (κ1) is 34.8. The molecule has 2 fully saturated rings. The molecule has 11 heteroatoms. The Bertz CT molecular complexity index is 1310. The van der Waals surface area contributed by atoms with Gasteiger partial charge in [-0.05, 0) is 73.4 Å². The summed E-state index contributed by atoms with van der Waals surface area (Å²) >= 11 is 3.78. The lowest BCUT2D eigenvalue weighted by Crippen LogP contribution is -2.41. The molecule has 2 aliphatic rings. The number of aliphatic hydroxyl groups is 1. The molecule has 2 amide bonds. The lowest BCUT2D eigenvalue weighted by molar-refractivity contribution is -0.126. The second-order valence-electron chi connectivity index (χ2n) is 11.0. The van der Waals surface area contributed by atoms with Gasteiger partial charge in [0.1, 0.15) is 19.0 Å². The molecule has 0 aromatic heterocycles. The van der Waals surface area contributed by atoms with E-state index < -0.39 is 0 Å². The first-order valence-electron chi connectivity index (χ1n) is 15.9. The monoisotopic (exact) mass is 657 g/mol. The summed E-state index contributed by atoms with van der Waals surface area (Å²) in [5.74, 6) is 3.43. The van der Waals surface area contributed by atoms with Crippen LogP contribution in [0.5, 0.6) is 17.2 Å². The Balaban J connectivity index is 1.35. The van der Waals surface area contributed by atoms with Gasteiger partial charge < -0.3 is 34.9 Å². The van der Waals surface area contributed by atoms with Crippen molar-refractivity contribution in [2.75, 3.05) is 57.2 Å². The van der Waals surface area contributed by atoms with Crippen molar-refractivity contribution in [2.45, 2.75) is 63.2 Å². The minimum atomic E-state index is -0.288. The second kappa shape index (κ2) is 17.6. The van der Waals surface area contributed by atoms with E-state index >= 15 is 0 Å². The number of nitrogens with zero attached hydrogens (tertiary/aromatic N) is 2. The van der Waals surface area contributed by atoms with E-state index in [0.29, 0.717) is 45.2 Å². The minimum Gasteiger partial charge on any atom is -0.493 e. The molecule has 1 atom stereocenters. The first-order valence-corrected chi connectivity index (χ1v) is 18.0. The van der Waals surface area contributed by atoms with Gasteiger partial charge in [0.2, 0.25) is 5.91 Å². The van der Waals surface area contributed by atoms with Gasteiger partial charge in [-0.3, -0.25) is 9.59 Å². The number of hydrogen-bond donors (Lipinski definition) is 2. The van der Waals surface area contributed by atoms with Crippen molar-refractivity contribution in [3.05, 3.63) is 53.1 Å². The van der Waals surface area contributed by atoms with E-state index in [9.17, 15) is 14.7 Å². The molecule has 0 radical (unpaired) electrons. The van der Waals surface area contributed by atoms with Gasteiger partial charge in [0, 0.05) is 43.0 Å². The number of carbonyl (C=O) groups is 2. The number of methoxy groups -OCH3 is 1. The van der Waals surface area contributed by atoms with Crippen LogP contribution in [0.1, 0.15) is 67.4 Å². The highest BCUT2D eigenvalue weighted by Crippen LogP contribution is 2.37. The Kier molecular flexibility index (Phi) is 13.6. The van der Waals surface area contributed by atoms with Crippen LogP contribution in [0, 0.1) is 0 Å². The Morgan fingerprint density at radius 3 is 2.36 bits per heavy atom. The van der Waals surface area contributed by atoms with E-state index in [0.717, 1.165) is 55.8 Å². The minimum absolute atomic E-state index is 0.0254. The van der Waals surface area contributed by atoms with Gasteiger partial charge in [0.05, 0.1) is 29.9 Å². The normalized spacial score (nSPS) is 16.9. The molecule has 4 rings (SSSR count). The molecular weight excluding hydrogens is 611 g/mol. The third-order valence-corrected chi connectivity index (χ3v) is 10.8. The third-order valence-electron chi connectivity index (χ3n) is 8.04. The van der Waals surface area contributed by atoms with Crippen molar-refractivity contribution < 1.29 is 28.9 Å². The molecule has 2 aliphatic heterocycles. The molecule has 0 bridgehead atoms. The molecule has 2 aromatic rings. The molecule has 0 saturated carbocycles. The van der Waals surface area contributed by atoms with Crippen molar-refractivity contribution in [3.8, 4) is 17.2 Å². The topological polar surface area (TPSA) is 115 Å². The van der Waals surface area contributed by atoms with Crippen LogP contribution in [0.3, 0.4) is 0 Å². The van der Waals surface area contributed by atoms with Crippen molar-refractivity contribution in [1.82, 2.24) is 9.80 Å². The predicted molar refractivity (Wildman–Crippen MR) is 184 cm³/mol. The van der Waals surface area contributed by atoms with Gasteiger partial charge in [0.25, 0.3) is 5.91 Å². The number of nitrogen functional groups attached to an aromatic ring is 1. The number of thioether (sulfide) groups is 2. The summed E-state index contributed by atoms with van der Waals surface area (Å²) in [4.78, 5) is 30.0. The highest BCUT2D eigenvalue weighted by atomic mass is 32.2. The zero-order valence-electron chi connectivity index (χ0n) is 26.7. The third kappa shape index (κ3) is 9.26. The van der Waals surface area contributed by atoms with Crippen molar-refractivity contribution in [1.29, 1.82) is 0 Å². The summed E-state index contributed by atoms with van der Waals surface area (Å²) < 4.78 is 17.7. The number of benzene rings is 2. The number of ether oxygens (including phenoxy) is 3. The van der Waals surface area contributed by atoms with Crippen molar-refractivity contribution in [2.24, 2.45) is 0 Å². The number of carbonyl (C=O) groups excluding carboxylic acids is 2. The zero-order valence-corrected chi connectivity index (χ0v) is 28.3. The number of rotatable bonds is 15. The molecule has 2 saturated heterocycles. The van der Waals surface area contributed by atoms with Gasteiger partial charge in [-0.2, -0.15) is 0 Å². The molecular formula is C34H47N3O6S2. The summed E-state index contributed by atoms with van der Waals surface area (Å²) in [6, 6.07) is 8.93. The summed E-state index contributed by atoms with van der Waals surface area (Å²) in [5, 5.41) is 10.1. The van der Waals surface area contributed by atoms with Gasteiger partial charge >= 0.3 is 0 Å². The molecule has 0 aliphatic carbocycles. The van der Waals surface area contributed by atoms with Crippen LogP contribution >= 0.6 is 23.5 Å². The highest BCUT2D eigenvalue weighted by Gasteiger charge is 2.36. The Hall–Kier alpha value is -3.02. The number of anilines is 1. The zero-order chi connectivity index (χ0) is 32.2. The lowest BCUT2D eigenvalue weighted by Gasteiger charge is -2.31. The number of nitrogens with two attached hydrogens (primary N) is 1. The summed E-state index contributed by atoms with van der Waals surface area (Å²) in [6.07, 6.45) is 8.63. The highest BCUT2D eigenvalue weighted by molar-refractivity contribution is 8.17. The fraction of sp³-hybridized carbons (Fsp3) is 0.529. The van der Waals surface area contributed by atoms with Crippen LogP contribution < -0.4 is 19.9 Å². The molecule has 45 heavy (non-hydrogen) atoms. The fourth-order valence-electron chi connectivity index (χ4n) is 5.76. The number of aliphatic hydroxyl groups excluding tert-OH is 1. The molecule has 0 spiro atoms. The average Bonchev–Trinajstić information content (AvgIpc) is 3.56. The Labute approximate surface area is 275 Å². The molecule has 2 aromatic carbocycles. The maximum absolute atomic E-state index is 13.7. The Morgan fingerprint density at radius 1 is 0.978 bits per heavy atom. The predicted octanol–water partition coefficient (Wildman–Crippen LogP) is 5.69. The van der Waals surface area contributed by atoms with E-state index in [1.807, 2.05) is 45.5 Å². The first-order chi connectivity index (χ1) is 21.9. The van der Waals surface area contributed by atoms with Gasteiger partial charge in [0.15, 0.2) is 11.5 Å². The molecule has 2 heterocycles. The van der Waals surface area contributed by atoms with E-state index in [2.05, 4.69) is 13.8 Å². The maximum atomic E-state index is 13.7. The molecule has 9 nitrogen and oxygen atoms in total. The molecule has 0 unspecified atom stereocenters. The van der Waals surface area contributed by atoms with Gasteiger partial charge in [-0.1, -0.05) is 19.9 Å². The van der Waals surface area contributed by atoms with Gasteiger partial charge in [-0.15, -0.1) is 23.5 Å². The number of likely N-dealkylation sites (tertiary alicyclic amines) is 2. The smallest absolute Gasteiger partial charge is 0.256 e. The van der Waals surface area contributed by atoms with Crippen LogP contribution in [-0.2, 0) is 11.4 Å². The largest absolute Gasteiger partial charge is 0.493 e. The van der Waals surface area contributed by atoms with Crippen LogP contribution in [0.4, 0.5) is 5.69 Å². The SMILES string of the molecule is CCSC(SCC)[C@@H]1CCCN1C(=O)c1cc(CO)c(OCCOc2ccc(/C=C/C(=O)N3CCCCC3)cc2OC)cc1N. The van der Waals surface area contributed by atoms with E-state index in [1.54, 1.807) is 37.5 Å². The average molecular weight is 658 g/mol. The maximum Gasteiger partial charge on any atom is 0.256 e. The number of hydrogen-bond acceptors (Lipinski definition) is 9. The standard InChI is InChI=1S/C34H47N3O6S2/c1-4-44-34(45-5-2)28-10-9-17-37(28)33(40)26-21-25(23-38)30(22-27(26)35)43-19-18-42-29-13-11-24(20-31(29)41-3)12-14-32(39)36-15-7-6-8-16-36/h11-14,20-22,28,34,38H,4-10,15-19,23,35H2,1-3H3/b14-12+/t28-/m0/s1. The van der Waals surface area contributed by atoms with E-state index in [-0.39, 0.29) is 37.7 Å². The van der Waals surface area contributed by atoms with Crippen LogP contribution in [0.25, 0.3) is 6.08 Å². The van der Waals surface area contributed by atoms with Crippen LogP contribution in [0.2, 0.25) is 0 Å². The molecule has 3 N–H and O–H groups in total. The van der Waals surface area contributed by atoms with Gasteiger partial charge in [-0.25, -0.2) is 0 Å². The van der Waals surface area contributed by atoms with Crippen molar-refractivity contribution >= 4 is 47.1 Å². The summed E-state index contributed by atoms with van der Waals surface area (Å²) in [5.41, 5.74) is 8.44. The van der Waals surface area contributed by atoms with Crippen molar-refractivity contribution in [3.63, 3.8) is 0 Å². The second-order valence-corrected chi connectivity index (χ2v) is 14.2. The summed E-state index contributed by atoms with van der Waals surface area (Å²) in [7, 11) is 1.57. The lowest BCUT2D eigenvalue weighted by atomic mass is 10.1. The molecule has 246 valence electrons. The van der Waals surface area contributed by atoms with E-state index in [4.69, 9.17) is 19.9 Å².